The summed E-state index contributed by atoms with van der Waals surface area (Å²) in [7, 11) is 0. The van der Waals surface area contributed by atoms with E-state index in [1.165, 1.54) is 4.90 Å². The Bertz CT molecular complexity index is 1090. The van der Waals surface area contributed by atoms with Gasteiger partial charge in [0, 0.05) is 13.1 Å². The molecule has 206 valence electrons. The molecule has 2 aromatic carbocycles. The van der Waals surface area contributed by atoms with Crippen LogP contribution in [-0.4, -0.2) is 64.5 Å². The average Bonchev–Trinajstić information content (AvgIpc) is 3.50. The van der Waals surface area contributed by atoms with Gasteiger partial charge in [-0.15, -0.1) is 0 Å². The van der Waals surface area contributed by atoms with Crippen molar-refractivity contribution in [3.05, 3.63) is 71.8 Å². The minimum absolute atomic E-state index is 0.163. The van der Waals surface area contributed by atoms with Crippen LogP contribution in [0.3, 0.4) is 0 Å². The molecule has 0 saturated carbocycles. The molecule has 2 heterocycles. The highest BCUT2D eigenvalue weighted by atomic mass is 19.3. The summed E-state index contributed by atoms with van der Waals surface area (Å²) in [6.07, 6.45) is -7.34. The third kappa shape index (κ3) is 6.59. The molecule has 10 heteroatoms. The van der Waals surface area contributed by atoms with Crippen molar-refractivity contribution in [1.82, 2.24) is 9.80 Å². The van der Waals surface area contributed by atoms with Crippen LogP contribution in [-0.2, 0) is 14.4 Å². The molecule has 2 fully saturated rings. The third-order valence-corrected chi connectivity index (χ3v) is 7.25. The van der Waals surface area contributed by atoms with Crippen molar-refractivity contribution in [3.8, 4) is 0 Å². The molecule has 38 heavy (non-hydrogen) atoms. The number of halogens is 4. The first-order valence-corrected chi connectivity index (χ1v) is 12.5. The highest BCUT2D eigenvalue weighted by Crippen LogP contribution is 2.32. The van der Waals surface area contributed by atoms with Crippen molar-refractivity contribution in [2.75, 3.05) is 13.1 Å². The second-order valence-corrected chi connectivity index (χ2v) is 9.50. The number of alkyl halides is 4. The number of ketones is 1. The standard InChI is InChI=1S/C14H17F2NO2.C14H15F2NO2/c2*1-9(10-5-3-2-4-6-10)17-8-7-11(14(17)19)12(18)13(15)16/h2-6,9,11-13,18H,7-8H2,1H3;2-6,9,11,13H,7-8H2,1H3/t9-,11?,12?;9-,11?/m11/s1. The van der Waals surface area contributed by atoms with E-state index in [0.717, 1.165) is 11.1 Å². The SMILES string of the molecule is C[C@H](c1ccccc1)N1CCC(C(=O)C(F)F)C1=O.C[C@H](c1ccccc1)N1CCC(C(O)C(F)F)C1=O. The molecular formula is C28H32F4N2O4. The predicted octanol–water partition coefficient (Wildman–Crippen LogP) is 4.65. The average molecular weight is 537 g/mol. The minimum Gasteiger partial charge on any atom is -0.386 e. The molecular weight excluding hydrogens is 504 g/mol. The lowest BCUT2D eigenvalue weighted by Gasteiger charge is -2.26. The van der Waals surface area contributed by atoms with Gasteiger partial charge in [0.25, 0.3) is 12.9 Å². The lowest BCUT2D eigenvalue weighted by atomic mass is 10.0. The molecule has 6 nitrogen and oxygen atoms in total. The number of nitrogens with zero attached hydrogens (tertiary/aromatic N) is 2. The van der Waals surface area contributed by atoms with Gasteiger partial charge in [0.15, 0.2) is 0 Å². The molecule has 0 aromatic heterocycles. The van der Waals surface area contributed by atoms with Crippen LogP contribution >= 0.6 is 0 Å². The molecule has 2 saturated heterocycles. The minimum atomic E-state index is -3.07. The number of rotatable bonds is 8. The Balaban J connectivity index is 0.000000211. The van der Waals surface area contributed by atoms with E-state index in [4.69, 9.17) is 0 Å². The van der Waals surface area contributed by atoms with Gasteiger partial charge in [0.05, 0.1) is 18.0 Å². The molecule has 0 radical (unpaired) electrons. The monoisotopic (exact) mass is 536 g/mol. The summed E-state index contributed by atoms with van der Waals surface area (Å²) in [6, 6.07) is 18.4. The number of hydrogen-bond donors (Lipinski definition) is 1. The van der Waals surface area contributed by atoms with Gasteiger partial charge in [-0.2, -0.15) is 0 Å². The summed E-state index contributed by atoms with van der Waals surface area (Å²) >= 11 is 0. The van der Waals surface area contributed by atoms with Crippen LogP contribution in [0.15, 0.2) is 60.7 Å². The lowest BCUT2D eigenvalue weighted by Crippen LogP contribution is -2.36. The Hall–Kier alpha value is -3.27. The van der Waals surface area contributed by atoms with E-state index >= 15 is 0 Å². The van der Waals surface area contributed by atoms with Gasteiger partial charge in [-0.25, -0.2) is 17.6 Å². The number of aliphatic hydroxyl groups excluding tert-OH is 1. The number of likely N-dealkylation sites (tertiary alicyclic amines) is 2. The second-order valence-electron chi connectivity index (χ2n) is 9.50. The number of amides is 2. The van der Waals surface area contributed by atoms with Crippen LogP contribution in [0.2, 0.25) is 0 Å². The molecule has 0 spiro atoms. The Kier molecular flexibility index (Phi) is 10.0. The Morgan fingerprint density at radius 3 is 1.68 bits per heavy atom. The predicted molar refractivity (Wildman–Crippen MR) is 132 cm³/mol. The number of aliphatic hydroxyl groups is 1. The van der Waals surface area contributed by atoms with Crippen LogP contribution in [0.5, 0.6) is 0 Å². The van der Waals surface area contributed by atoms with Gasteiger partial charge < -0.3 is 14.9 Å². The van der Waals surface area contributed by atoms with E-state index in [1.807, 2.05) is 74.5 Å². The van der Waals surface area contributed by atoms with Crippen molar-refractivity contribution in [1.29, 1.82) is 0 Å². The van der Waals surface area contributed by atoms with Crippen LogP contribution in [0.25, 0.3) is 0 Å². The van der Waals surface area contributed by atoms with E-state index in [9.17, 15) is 37.1 Å². The van der Waals surface area contributed by atoms with Gasteiger partial charge in [-0.3, -0.25) is 14.4 Å². The Morgan fingerprint density at radius 2 is 1.24 bits per heavy atom. The highest BCUT2D eigenvalue weighted by molar-refractivity contribution is 6.04. The van der Waals surface area contributed by atoms with Gasteiger partial charge in [-0.1, -0.05) is 60.7 Å². The molecule has 2 amide bonds. The fraction of sp³-hybridized carbons (Fsp3) is 0.464. The quantitative estimate of drug-likeness (QED) is 0.394. The molecule has 5 atom stereocenters. The van der Waals surface area contributed by atoms with E-state index in [1.54, 1.807) is 4.90 Å². The largest absolute Gasteiger partial charge is 0.386 e. The summed E-state index contributed by atoms with van der Waals surface area (Å²) in [5.74, 6) is -4.28. The van der Waals surface area contributed by atoms with Gasteiger partial charge >= 0.3 is 0 Å². The first kappa shape index (κ1) is 29.3. The van der Waals surface area contributed by atoms with Crippen molar-refractivity contribution in [3.63, 3.8) is 0 Å². The fourth-order valence-electron chi connectivity index (χ4n) is 4.93. The Labute approximate surface area is 219 Å². The zero-order valence-electron chi connectivity index (χ0n) is 21.2. The van der Waals surface area contributed by atoms with Gasteiger partial charge in [0.1, 0.15) is 12.0 Å². The molecule has 0 bridgehead atoms. The first-order valence-electron chi connectivity index (χ1n) is 12.5. The van der Waals surface area contributed by atoms with E-state index in [0.29, 0.717) is 13.1 Å². The molecule has 0 aliphatic carbocycles. The molecule has 1 N–H and O–H groups in total. The van der Waals surface area contributed by atoms with Crippen LogP contribution in [0, 0.1) is 11.8 Å². The van der Waals surface area contributed by atoms with Crippen LogP contribution < -0.4 is 0 Å². The molecule has 4 rings (SSSR count). The zero-order chi connectivity index (χ0) is 28.0. The van der Waals surface area contributed by atoms with E-state index < -0.39 is 42.5 Å². The van der Waals surface area contributed by atoms with Crippen LogP contribution in [0.1, 0.15) is 49.9 Å². The highest BCUT2D eigenvalue weighted by Gasteiger charge is 2.43. The smallest absolute Gasteiger partial charge is 0.296 e. The number of benzene rings is 2. The van der Waals surface area contributed by atoms with Crippen LogP contribution in [0.4, 0.5) is 17.6 Å². The second kappa shape index (κ2) is 13.0. The van der Waals surface area contributed by atoms with Crippen molar-refractivity contribution < 1.29 is 37.1 Å². The maximum atomic E-state index is 12.5. The van der Waals surface area contributed by atoms with E-state index in [2.05, 4.69) is 0 Å². The summed E-state index contributed by atoms with van der Waals surface area (Å²) < 4.78 is 49.7. The summed E-state index contributed by atoms with van der Waals surface area (Å²) in [6.45, 7) is 4.45. The van der Waals surface area contributed by atoms with Crippen molar-refractivity contribution in [2.45, 2.75) is 57.7 Å². The molecule has 2 aromatic rings. The number of carbonyl (C=O) groups is 3. The zero-order valence-corrected chi connectivity index (χ0v) is 21.2. The summed E-state index contributed by atoms with van der Waals surface area (Å²) in [5.41, 5.74) is 1.89. The first-order chi connectivity index (χ1) is 18.0. The normalized spacial score (nSPS) is 21.9. The van der Waals surface area contributed by atoms with Crippen molar-refractivity contribution >= 4 is 17.6 Å². The number of carbonyl (C=O) groups excluding carboxylic acids is 3. The maximum absolute atomic E-state index is 12.5. The third-order valence-electron chi connectivity index (χ3n) is 7.25. The van der Waals surface area contributed by atoms with Crippen molar-refractivity contribution in [2.24, 2.45) is 11.8 Å². The topological polar surface area (TPSA) is 77.9 Å². The fourth-order valence-corrected chi connectivity index (χ4v) is 4.93. The number of Topliss-reactive ketones (excluding diaryl/α,β-unsaturated/α-hetero) is 1. The summed E-state index contributed by atoms with van der Waals surface area (Å²) in [5, 5.41) is 9.37. The molecule has 2 aliphatic rings. The van der Waals surface area contributed by atoms with Gasteiger partial charge in [-0.05, 0) is 37.8 Å². The Morgan fingerprint density at radius 1 is 0.789 bits per heavy atom. The lowest BCUT2D eigenvalue weighted by molar-refractivity contribution is -0.143. The maximum Gasteiger partial charge on any atom is 0.296 e. The molecule has 3 unspecified atom stereocenters. The molecule has 2 aliphatic heterocycles. The number of hydrogen-bond acceptors (Lipinski definition) is 4. The summed E-state index contributed by atoms with van der Waals surface area (Å²) in [4.78, 5) is 38.5. The van der Waals surface area contributed by atoms with Gasteiger partial charge in [0.2, 0.25) is 17.6 Å². The van der Waals surface area contributed by atoms with E-state index in [-0.39, 0.29) is 30.8 Å².